The SMILES string of the molecule is N#Cc1ccc(/C=C2/SC(N3CCCCC3)=NC2=O)cc1. The summed E-state index contributed by atoms with van der Waals surface area (Å²) in [4.78, 5) is 19.0. The van der Waals surface area contributed by atoms with Crippen LogP contribution in [0.1, 0.15) is 30.4 Å². The first-order valence-electron chi connectivity index (χ1n) is 7.04. The van der Waals surface area contributed by atoms with Crippen LogP contribution in [0.3, 0.4) is 0 Å². The maximum absolute atomic E-state index is 12.0. The minimum atomic E-state index is -0.162. The predicted molar refractivity (Wildman–Crippen MR) is 84.6 cm³/mol. The lowest BCUT2D eigenvalue weighted by atomic mass is 10.1. The minimum Gasteiger partial charge on any atom is -0.351 e. The molecule has 0 atom stereocenters. The number of hydrogen-bond acceptors (Lipinski definition) is 4. The Balaban J connectivity index is 1.74. The van der Waals surface area contributed by atoms with E-state index in [-0.39, 0.29) is 5.91 Å². The average molecular weight is 297 g/mol. The van der Waals surface area contributed by atoms with Crippen LogP contribution in [-0.4, -0.2) is 29.1 Å². The van der Waals surface area contributed by atoms with Gasteiger partial charge in [-0.2, -0.15) is 10.3 Å². The van der Waals surface area contributed by atoms with Crippen molar-refractivity contribution in [2.24, 2.45) is 4.99 Å². The van der Waals surface area contributed by atoms with E-state index in [2.05, 4.69) is 16.0 Å². The quantitative estimate of drug-likeness (QED) is 0.748. The monoisotopic (exact) mass is 297 g/mol. The molecule has 106 valence electrons. The molecule has 0 unspecified atom stereocenters. The van der Waals surface area contributed by atoms with Crippen molar-refractivity contribution in [2.75, 3.05) is 13.1 Å². The zero-order chi connectivity index (χ0) is 14.7. The number of amides is 1. The molecule has 1 amide bonds. The van der Waals surface area contributed by atoms with Crippen LogP contribution in [0.25, 0.3) is 6.08 Å². The Morgan fingerprint density at radius 2 is 1.90 bits per heavy atom. The predicted octanol–water partition coefficient (Wildman–Crippen LogP) is 3.01. The van der Waals surface area contributed by atoms with E-state index in [1.807, 2.05) is 18.2 Å². The molecule has 0 N–H and O–H groups in total. The lowest BCUT2D eigenvalue weighted by Gasteiger charge is -2.27. The maximum atomic E-state index is 12.0. The molecular weight excluding hydrogens is 282 g/mol. The third kappa shape index (κ3) is 3.17. The topological polar surface area (TPSA) is 56.5 Å². The molecule has 0 bridgehead atoms. The van der Waals surface area contributed by atoms with Crippen LogP contribution in [0.2, 0.25) is 0 Å². The first-order chi connectivity index (χ1) is 10.3. The molecule has 4 nitrogen and oxygen atoms in total. The summed E-state index contributed by atoms with van der Waals surface area (Å²) in [5, 5.41) is 9.62. The number of nitrogens with zero attached hydrogens (tertiary/aromatic N) is 3. The molecule has 0 spiro atoms. The molecule has 1 fully saturated rings. The van der Waals surface area contributed by atoms with Gasteiger partial charge in [-0.1, -0.05) is 12.1 Å². The second-order valence-electron chi connectivity index (χ2n) is 5.09. The second-order valence-corrected chi connectivity index (χ2v) is 6.10. The number of thioether (sulfide) groups is 1. The van der Waals surface area contributed by atoms with Crippen LogP contribution in [-0.2, 0) is 4.79 Å². The standard InChI is InChI=1S/C16H15N3OS/c17-11-13-6-4-12(5-7-13)10-14-15(20)18-16(21-14)19-8-2-1-3-9-19/h4-7,10H,1-3,8-9H2/b14-10+. The fourth-order valence-corrected chi connectivity index (χ4v) is 3.39. The van der Waals surface area contributed by atoms with E-state index in [1.165, 1.54) is 31.0 Å². The van der Waals surface area contributed by atoms with Gasteiger partial charge in [-0.05, 0) is 54.8 Å². The Morgan fingerprint density at radius 3 is 2.57 bits per heavy atom. The van der Waals surface area contributed by atoms with E-state index in [0.29, 0.717) is 10.5 Å². The highest BCUT2D eigenvalue weighted by molar-refractivity contribution is 8.18. The molecule has 1 saturated heterocycles. The highest BCUT2D eigenvalue weighted by atomic mass is 32.2. The summed E-state index contributed by atoms with van der Waals surface area (Å²) in [6.45, 7) is 1.98. The third-order valence-electron chi connectivity index (χ3n) is 3.57. The van der Waals surface area contributed by atoms with Crippen LogP contribution in [0.15, 0.2) is 34.2 Å². The van der Waals surface area contributed by atoms with Gasteiger partial charge in [0.2, 0.25) is 0 Å². The number of rotatable bonds is 1. The van der Waals surface area contributed by atoms with Crippen LogP contribution in [0.4, 0.5) is 0 Å². The van der Waals surface area contributed by atoms with Gasteiger partial charge in [-0.15, -0.1) is 0 Å². The number of amidine groups is 1. The summed E-state index contributed by atoms with van der Waals surface area (Å²) in [7, 11) is 0. The van der Waals surface area contributed by atoms with Gasteiger partial charge in [0.25, 0.3) is 5.91 Å². The summed E-state index contributed by atoms with van der Waals surface area (Å²) >= 11 is 1.45. The van der Waals surface area contributed by atoms with Gasteiger partial charge in [-0.25, -0.2) is 0 Å². The van der Waals surface area contributed by atoms with Crippen molar-refractivity contribution >= 4 is 28.9 Å². The van der Waals surface area contributed by atoms with Crippen molar-refractivity contribution in [1.29, 1.82) is 5.26 Å². The normalized spacial score (nSPS) is 20.5. The molecule has 5 heteroatoms. The molecule has 0 saturated carbocycles. The molecular formula is C16H15N3OS. The number of likely N-dealkylation sites (tertiary alicyclic amines) is 1. The molecule has 2 aliphatic rings. The smallest absolute Gasteiger partial charge is 0.286 e. The van der Waals surface area contributed by atoms with Crippen molar-refractivity contribution in [3.63, 3.8) is 0 Å². The Bertz CT molecular complexity index is 649. The summed E-state index contributed by atoms with van der Waals surface area (Å²) in [6, 6.07) is 9.28. The highest BCUT2D eigenvalue weighted by Crippen LogP contribution is 2.31. The van der Waals surface area contributed by atoms with Crippen molar-refractivity contribution in [3.05, 3.63) is 40.3 Å². The number of benzene rings is 1. The molecule has 0 radical (unpaired) electrons. The van der Waals surface area contributed by atoms with E-state index >= 15 is 0 Å². The lowest BCUT2D eigenvalue weighted by Crippen LogP contribution is -2.33. The van der Waals surface area contributed by atoms with Gasteiger partial charge >= 0.3 is 0 Å². The van der Waals surface area contributed by atoms with E-state index in [4.69, 9.17) is 5.26 Å². The van der Waals surface area contributed by atoms with Crippen LogP contribution in [0, 0.1) is 11.3 Å². The van der Waals surface area contributed by atoms with E-state index in [0.717, 1.165) is 23.8 Å². The molecule has 21 heavy (non-hydrogen) atoms. The Hall–Kier alpha value is -2.06. The second kappa shape index (κ2) is 6.15. The minimum absolute atomic E-state index is 0.162. The molecule has 1 aromatic carbocycles. The van der Waals surface area contributed by atoms with Crippen molar-refractivity contribution in [1.82, 2.24) is 4.90 Å². The summed E-state index contributed by atoms with van der Waals surface area (Å²) in [6.07, 6.45) is 5.44. The summed E-state index contributed by atoms with van der Waals surface area (Å²) < 4.78 is 0. The summed E-state index contributed by atoms with van der Waals surface area (Å²) in [5.41, 5.74) is 1.53. The van der Waals surface area contributed by atoms with Gasteiger partial charge in [0.1, 0.15) is 0 Å². The molecule has 0 aliphatic carbocycles. The van der Waals surface area contributed by atoms with Crippen molar-refractivity contribution in [2.45, 2.75) is 19.3 Å². The number of aliphatic imine (C=N–C) groups is 1. The van der Waals surface area contributed by atoms with Crippen molar-refractivity contribution < 1.29 is 4.79 Å². The number of carbonyl (C=O) groups excluding carboxylic acids is 1. The number of nitriles is 1. The van der Waals surface area contributed by atoms with Crippen LogP contribution >= 0.6 is 11.8 Å². The zero-order valence-corrected chi connectivity index (χ0v) is 12.4. The Kier molecular flexibility index (Phi) is 4.07. The van der Waals surface area contributed by atoms with Crippen LogP contribution < -0.4 is 0 Å². The Morgan fingerprint density at radius 1 is 1.19 bits per heavy atom. The third-order valence-corrected chi connectivity index (χ3v) is 4.62. The fraction of sp³-hybridized carbons (Fsp3) is 0.312. The number of hydrogen-bond donors (Lipinski definition) is 0. The molecule has 2 heterocycles. The molecule has 2 aliphatic heterocycles. The van der Waals surface area contributed by atoms with E-state index in [1.54, 1.807) is 12.1 Å². The largest absolute Gasteiger partial charge is 0.351 e. The first-order valence-corrected chi connectivity index (χ1v) is 7.85. The number of carbonyl (C=O) groups is 1. The average Bonchev–Trinajstić information content (AvgIpc) is 2.90. The van der Waals surface area contributed by atoms with E-state index < -0.39 is 0 Å². The van der Waals surface area contributed by atoms with Crippen LogP contribution in [0.5, 0.6) is 0 Å². The fourth-order valence-electron chi connectivity index (χ4n) is 2.42. The molecule has 1 aromatic rings. The molecule has 3 rings (SSSR count). The zero-order valence-electron chi connectivity index (χ0n) is 11.6. The Labute approximate surface area is 128 Å². The highest BCUT2D eigenvalue weighted by Gasteiger charge is 2.26. The van der Waals surface area contributed by atoms with E-state index in [9.17, 15) is 4.79 Å². The first kappa shape index (κ1) is 13.9. The van der Waals surface area contributed by atoms with Gasteiger partial charge in [0, 0.05) is 13.1 Å². The van der Waals surface area contributed by atoms with Gasteiger partial charge < -0.3 is 4.90 Å². The van der Waals surface area contributed by atoms with Gasteiger partial charge in [-0.3, -0.25) is 4.79 Å². The maximum Gasteiger partial charge on any atom is 0.286 e. The van der Waals surface area contributed by atoms with Crippen molar-refractivity contribution in [3.8, 4) is 6.07 Å². The lowest BCUT2D eigenvalue weighted by molar-refractivity contribution is -0.113. The molecule has 0 aromatic heterocycles. The van der Waals surface area contributed by atoms with Gasteiger partial charge in [0.05, 0.1) is 16.5 Å². The van der Waals surface area contributed by atoms with Gasteiger partial charge in [0.15, 0.2) is 5.17 Å². The summed E-state index contributed by atoms with van der Waals surface area (Å²) in [5.74, 6) is -0.162. The number of piperidine rings is 1.